The summed E-state index contributed by atoms with van der Waals surface area (Å²) in [5.74, 6) is -0.447. The van der Waals surface area contributed by atoms with E-state index in [1.54, 1.807) is 68.3 Å². The van der Waals surface area contributed by atoms with Crippen LogP contribution in [0.5, 0.6) is 0 Å². The summed E-state index contributed by atoms with van der Waals surface area (Å²) in [6.45, 7) is 3.79. The van der Waals surface area contributed by atoms with Crippen LogP contribution in [0.2, 0.25) is 0 Å². The van der Waals surface area contributed by atoms with E-state index in [4.69, 9.17) is 17.0 Å². The third-order valence-electron chi connectivity index (χ3n) is 4.78. The number of nitrogens with zero attached hydrogens (tertiary/aromatic N) is 1. The fourth-order valence-electron chi connectivity index (χ4n) is 3.15. The van der Waals surface area contributed by atoms with Crippen molar-refractivity contribution in [3.05, 3.63) is 71.4 Å². The van der Waals surface area contributed by atoms with Gasteiger partial charge in [0.15, 0.2) is 5.11 Å². The minimum atomic E-state index is -3.74. The number of ether oxygens (including phenoxy) is 1. The first kappa shape index (κ1) is 21.8. The number of carbonyl (C=O) groups is 1. The highest BCUT2D eigenvalue weighted by Crippen LogP contribution is 2.32. The van der Waals surface area contributed by atoms with Crippen molar-refractivity contribution in [1.29, 1.82) is 0 Å². The van der Waals surface area contributed by atoms with Gasteiger partial charge in [-0.05, 0) is 55.9 Å². The van der Waals surface area contributed by atoms with Crippen molar-refractivity contribution >= 4 is 39.0 Å². The molecule has 7 nitrogen and oxygen atoms in total. The van der Waals surface area contributed by atoms with E-state index in [0.717, 1.165) is 0 Å². The standard InChI is InChI=1S/C21H23N3O4S2/c1-4-28-20(25)18-14(2)24(3)21(29)22-19(18)15-9-8-10-16(13-15)23-30(26,27)17-11-6-5-7-12-17/h5-13,19,23H,4H2,1-3H3,(H,22,29). The molecule has 1 aliphatic rings. The van der Waals surface area contributed by atoms with Gasteiger partial charge in [0.1, 0.15) is 0 Å². The Hall–Kier alpha value is -2.91. The molecule has 0 radical (unpaired) electrons. The van der Waals surface area contributed by atoms with Crippen LogP contribution in [0.15, 0.2) is 70.8 Å². The molecule has 0 amide bonds. The topological polar surface area (TPSA) is 87.7 Å². The third-order valence-corrected chi connectivity index (χ3v) is 6.56. The zero-order valence-corrected chi connectivity index (χ0v) is 18.5. The lowest BCUT2D eigenvalue weighted by Crippen LogP contribution is -2.46. The maximum Gasteiger partial charge on any atom is 0.338 e. The number of esters is 1. The van der Waals surface area contributed by atoms with E-state index in [2.05, 4.69) is 10.0 Å². The van der Waals surface area contributed by atoms with Gasteiger partial charge in [-0.1, -0.05) is 30.3 Å². The zero-order chi connectivity index (χ0) is 21.9. The molecule has 9 heteroatoms. The van der Waals surface area contributed by atoms with Crippen molar-refractivity contribution in [2.45, 2.75) is 24.8 Å². The van der Waals surface area contributed by atoms with Crippen molar-refractivity contribution < 1.29 is 17.9 Å². The van der Waals surface area contributed by atoms with Crippen LogP contribution in [-0.4, -0.2) is 38.1 Å². The molecular formula is C21H23N3O4S2. The Morgan fingerprint density at radius 3 is 2.57 bits per heavy atom. The lowest BCUT2D eigenvalue weighted by atomic mass is 9.95. The number of benzene rings is 2. The lowest BCUT2D eigenvalue weighted by molar-refractivity contribution is -0.139. The van der Waals surface area contributed by atoms with Gasteiger partial charge >= 0.3 is 5.97 Å². The molecule has 0 fully saturated rings. The number of sulfonamides is 1. The Morgan fingerprint density at radius 1 is 1.20 bits per heavy atom. The molecule has 0 aliphatic carbocycles. The number of hydrogen-bond donors (Lipinski definition) is 2. The number of anilines is 1. The summed E-state index contributed by atoms with van der Waals surface area (Å²) in [6.07, 6.45) is 0. The summed E-state index contributed by atoms with van der Waals surface area (Å²) in [5, 5.41) is 3.60. The molecule has 2 aromatic rings. The second-order valence-electron chi connectivity index (χ2n) is 6.71. The van der Waals surface area contributed by atoms with E-state index in [1.807, 2.05) is 0 Å². The second kappa shape index (κ2) is 8.85. The van der Waals surface area contributed by atoms with Gasteiger partial charge in [-0.2, -0.15) is 0 Å². The number of nitrogens with one attached hydrogen (secondary N) is 2. The first-order valence-electron chi connectivity index (χ1n) is 9.34. The van der Waals surface area contributed by atoms with Crippen molar-refractivity contribution in [1.82, 2.24) is 10.2 Å². The van der Waals surface area contributed by atoms with E-state index in [0.29, 0.717) is 27.6 Å². The minimum absolute atomic E-state index is 0.164. The fourth-order valence-corrected chi connectivity index (χ4v) is 4.48. The highest BCUT2D eigenvalue weighted by Gasteiger charge is 2.33. The number of allylic oxidation sites excluding steroid dienone is 1. The zero-order valence-electron chi connectivity index (χ0n) is 16.9. The van der Waals surface area contributed by atoms with Crippen LogP contribution >= 0.6 is 12.2 Å². The van der Waals surface area contributed by atoms with Gasteiger partial charge in [0.25, 0.3) is 10.0 Å². The summed E-state index contributed by atoms with van der Waals surface area (Å²) in [5.41, 5.74) is 2.17. The largest absolute Gasteiger partial charge is 0.463 e. The first-order valence-corrected chi connectivity index (χ1v) is 11.2. The summed E-state index contributed by atoms with van der Waals surface area (Å²) < 4.78 is 33.1. The van der Waals surface area contributed by atoms with Gasteiger partial charge < -0.3 is 15.0 Å². The van der Waals surface area contributed by atoms with Gasteiger partial charge in [-0.25, -0.2) is 13.2 Å². The molecule has 30 heavy (non-hydrogen) atoms. The van der Waals surface area contributed by atoms with E-state index in [9.17, 15) is 13.2 Å². The molecule has 0 bridgehead atoms. The van der Waals surface area contributed by atoms with Crippen LogP contribution < -0.4 is 10.0 Å². The van der Waals surface area contributed by atoms with E-state index in [-0.39, 0.29) is 11.5 Å². The monoisotopic (exact) mass is 445 g/mol. The number of carbonyl (C=O) groups excluding carboxylic acids is 1. The first-order chi connectivity index (χ1) is 14.2. The summed E-state index contributed by atoms with van der Waals surface area (Å²) in [4.78, 5) is 14.5. The normalized spacial score (nSPS) is 16.8. The molecule has 0 aromatic heterocycles. The predicted octanol–water partition coefficient (Wildman–Crippen LogP) is 3.19. The van der Waals surface area contributed by atoms with Gasteiger partial charge in [-0.3, -0.25) is 4.72 Å². The van der Waals surface area contributed by atoms with Crippen LogP contribution in [0.3, 0.4) is 0 Å². The molecule has 1 unspecified atom stereocenters. The van der Waals surface area contributed by atoms with Crippen molar-refractivity contribution in [2.75, 3.05) is 18.4 Å². The molecule has 1 aliphatic heterocycles. The number of thiocarbonyl (C=S) groups is 1. The fraction of sp³-hybridized carbons (Fsp3) is 0.238. The molecule has 2 aromatic carbocycles. The van der Waals surface area contributed by atoms with Gasteiger partial charge in [-0.15, -0.1) is 0 Å². The van der Waals surface area contributed by atoms with Crippen LogP contribution in [0.4, 0.5) is 5.69 Å². The molecular weight excluding hydrogens is 422 g/mol. The molecule has 1 atom stereocenters. The molecule has 0 spiro atoms. The van der Waals surface area contributed by atoms with Gasteiger partial charge in [0, 0.05) is 18.4 Å². The molecule has 2 N–H and O–H groups in total. The molecule has 0 saturated carbocycles. The van der Waals surface area contributed by atoms with Crippen LogP contribution in [0, 0.1) is 0 Å². The lowest BCUT2D eigenvalue weighted by Gasteiger charge is -2.35. The summed E-state index contributed by atoms with van der Waals surface area (Å²) in [7, 11) is -1.97. The molecule has 1 heterocycles. The minimum Gasteiger partial charge on any atom is -0.463 e. The smallest absolute Gasteiger partial charge is 0.338 e. The summed E-state index contributed by atoms with van der Waals surface area (Å²) >= 11 is 5.39. The summed E-state index contributed by atoms with van der Waals surface area (Å²) in [6, 6.07) is 14.4. The van der Waals surface area contributed by atoms with E-state index < -0.39 is 22.0 Å². The quantitative estimate of drug-likeness (QED) is 0.522. The van der Waals surface area contributed by atoms with Crippen molar-refractivity contribution in [3.8, 4) is 0 Å². The number of hydrogen-bond acceptors (Lipinski definition) is 5. The Labute approximate surface area is 181 Å². The van der Waals surface area contributed by atoms with E-state index >= 15 is 0 Å². The average Bonchev–Trinajstić information content (AvgIpc) is 2.72. The highest BCUT2D eigenvalue weighted by atomic mass is 32.2. The van der Waals surface area contributed by atoms with E-state index in [1.165, 1.54) is 12.1 Å². The second-order valence-corrected chi connectivity index (χ2v) is 8.77. The Kier molecular flexibility index (Phi) is 6.42. The Morgan fingerprint density at radius 2 is 1.90 bits per heavy atom. The maximum atomic E-state index is 12.7. The van der Waals surface area contributed by atoms with Crippen LogP contribution in [-0.2, 0) is 19.6 Å². The number of rotatable bonds is 6. The molecule has 0 saturated heterocycles. The average molecular weight is 446 g/mol. The van der Waals surface area contributed by atoms with Crippen LogP contribution in [0.1, 0.15) is 25.5 Å². The predicted molar refractivity (Wildman–Crippen MR) is 119 cm³/mol. The third kappa shape index (κ3) is 4.47. The van der Waals surface area contributed by atoms with Gasteiger partial charge in [0.05, 0.1) is 23.1 Å². The molecule has 158 valence electrons. The van der Waals surface area contributed by atoms with Gasteiger partial charge in [0.2, 0.25) is 0 Å². The van der Waals surface area contributed by atoms with Crippen molar-refractivity contribution in [2.24, 2.45) is 0 Å². The Balaban J connectivity index is 1.98. The van der Waals surface area contributed by atoms with Crippen molar-refractivity contribution in [3.63, 3.8) is 0 Å². The molecule has 3 rings (SSSR count). The van der Waals surface area contributed by atoms with Crippen LogP contribution in [0.25, 0.3) is 0 Å². The Bertz CT molecular complexity index is 1100. The SMILES string of the molecule is CCOC(=O)C1=C(C)N(C)C(=S)NC1c1cccc(NS(=O)(=O)c2ccccc2)c1. The maximum absolute atomic E-state index is 12.7. The highest BCUT2D eigenvalue weighted by molar-refractivity contribution is 7.92.